The van der Waals surface area contributed by atoms with Crippen LogP contribution in [0.25, 0.3) is 0 Å². The molecule has 0 bridgehead atoms. The molecule has 118 valence electrons. The van der Waals surface area contributed by atoms with E-state index in [1.165, 1.54) is 49.7 Å². The van der Waals surface area contributed by atoms with Gasteiger partial charge in [-0.3, -0.25) is 0 Å². The second-order valence-electron chi connectivity index (χ2n) is 6.70. The van der Waals surface area contributed by atoms with E-state index in [2.05, 4.69) is 50.4 Å². The number of aryl methyl sites for hydroxylation is 1. The predicted molar refractivity (Wildman–Crippen MR) is 92.6 cm³/mol. The first-order chi connectivity index (χ1) is 10.3. The third-order valence-electron chi connectivity index (χ3n) is 5.23. The van der Waals surface area contributed by atoms with Crippen molar-refractivity contribution in [2.45, 2.75) is 71.8 Å². The summed E-state index contributed by atoms with van der Waals surface area (Å²) in [5.41, 5.74) is 2.94. The van der Waals surface area contributed by atoms with E-state index in [0.29, 0.717) is 6.04 Å². The van der Waals surface area contributed by atoms with Crippen molar-refractivity contribution in [2.75, 3.05) is 6.54 Å². The molecule has 1 atom stereocenters. The molecule has 1 N–H and O–H groups in total. The van der Waals surface area contributed by atoms with Crippen molar-refractivity contribution in [2.24, 2.45) is 11.8 Å². The molecule has 21 heavy (non-hydrogen) atoms. The minimum atomic E-state index is 0.559. The lowest BCUT2D eigenvalue weighted by molar-refractivity contribution is 0.216. The molecular weight excluding hydrogens is 254 g/mol. The summed E-state index contributed by atoms with van der Waals surface area (Å²) in [4.78, 5) is 0. The molecule has 2 rings (SSSR count). The van der Waals surface area contributed by atoms with E-state index in [1.807, 2.05) is 0 Å². The second kappa shape index (κ2) is 8.58. The summed E-state index contributed by atoms with van der Waals surface area (Å²) >= 11 is 0. The molecule has 1 aromatic carbocycles. The van der Waals surface area contributed by atoms with E-state index in [-0.39, 0.29) is 0 Å². The maximum Gasteiger partial charge on any atom is 0.0348 e. The van der Waals surface area contributed by atoms with Gasteiger partial charge in [0, 0.05) is 6.04 Å². The van der Waals surface area contributed by atoms with Crippen molar-refractivity contribution in [1.82, 2.24) is 5.32 Å². The van der Waals surface area contributed by atoms with Gasteiger partial charge in [-0.25, -0.2) is 0 Å². The highest BCUT2D eigenvalue weighted by molar-refractivity contribution is 5.25. The minimum absolute atomic E-state index is 0.559. The van der Waals surface area contributed by atoms with Crippen molar-refractivity contribution in [3.05, 3.63) is 35.4 Å². The lowest BCUT2D eigenvalue weighted by Gasteiger charge is -2.34. The largest absolute Gasteiger partial charge is 0.310 e. The van der Waals surface area contributed by atoms with Crippen LogP contribution < -0.4 is 5.32 Å². The molecule has 1 saturated carbocycles. The Kier molecular flexibility index (Phi) is 6.76. The Hall–Kier alpha value is -0.820. The standard InChI is InChI=1S/C20H33N/c1-4-7-17-10-14-19(15-11-17)20(21-6-3)18-12-8-16(5-2)9-13-18/h8-9,12-13,17,19-21H,4-7,10-11,14-15H2,1-3H3. The molecule has 0 aromatic heterocycles. The van der Waals surface area contributed by atoms with Gasteiger partial charge >= 0.3 is 0 Å². The number of nitrogens with one attached hydrogen (secondary N) is 1. The van der Waals surface area contributed by atoms with Gasteiger partial charge < -0.3 is 5.32 Å². The Bertz CT molecular complexity index is 387. The first-order valence-corrected chi connectivity index (χ1v) is 9.10. The maximum atomic E-state index is 3.75. The van der Waals surface area contributed by atoms with Gasteiger partial charge in [0.15, 0.2) is 0 Å². The van der Waals surface area contributed by atoms with Gasteiger partial charge in [0.05, 0.1) is 0 Å². The van der Waals surface area contributed by atoms with E-state index in [1.54, 1.807) is 0 Å². The first-order valence-electron chi connectivity index (χ1n) is 9.10. The highest BCUT2D eigenvalue weighted by atomic mass is 14.9. The first kappa shape index (κ1) is 16.5. The third kappa shape index (κ3) is 4.57. The SMILES string of the molecule is CCCC1CCC(C(NCC)c2ccc(CC)cc2)CC1. The molecule has 1 heteroatoms. The Morgan fingerprint density at radius 1 is 1.00 bits per heavy atom. The van der Waals surface area contributed by atoms with Crippen molar-refractivity contribution < 1.29 is 0 Å². The Morgan fingerprint density at radius 2 is 1.67 bits per heavy atom. The van der Waals surface area contributed by atoms with Gasteiger partial charge in [-0.15, -0.1) is 0 Å². The highest BCUT2D eigenvalue weighted by Crippen LogP contribution is 2.38. The molecule has 1 aliphatic carbocycles. The molecule has 1 fully saturated rings. The molecular formula is C20H33N. The molecule has 0 radical (unpaired) electrons. The Balaban J connectivity index is 2.01. The van der Waals surface area contributed by atoms with E-state index in [9.17, 15) is 0 Å². The molecule has 1 nitrogen and oxygen atoms in total. The molecule has 1 aliphatic rings. The summed E-state index contributed by atoms with van der Waals surface area (Å²) in [5.74, 6) is 1.82. The number of benzene rings is 1. The van der Waals surface area contributed by atoms with Crippen molar-refractivity contribution in [3.8, 4) is 0 Å². The molecule has 0 saturated heterocycles. The smallest absolute Gasteiger partial charge is 0.0348 e. The van der Waals surface area contributed by atoms with E-state index in [4.69, 9.17) is 0 Å². The van der Waals surface area contributed by atoms with Gasteiger partial charge in [0.1, 0.15) is 0 Å². The summed E-state index contributed by atoms with van der Waals surface area (Å²) in [6, 6.07) is 9.88. The molecule has 0 heterocycles. The van der Waals surface area contributed by atoms with Crippen LogP contribution in [0.1, 0.15) is 76.5 Å². The van der Waals surface area contributed by atoms with Gasteiger partial charge in [-0.05, 0) is 48.8 Å². The summed E-state index contributed by atoms with van der Waals surface area (Å²) in [5, 5.41) is 3.75. The normalized spacial score (nSPS) is 24.0. The van der Waals surface area contributed by atoms with Crippen LogP contribution in [-0.2, 0) is 6.42 Å². The van der Waals surface area contributed by atoms with Crippen molar-refractivity contribution in [1.29, 1.82) is 0 Å². The van der Waals surface area contributed by atoms with Crippen LogP contribution in [0.2, 0.25) is 0 Å². The predicted octanol–water partition coefficient (Wildman–Crippen LogP) is 5.51. The fraction of sp³-hybridized carbons (Fsp3) is 0.700. The van der Waals surface area contributed by atoms with Gasteiger partial charge in [0.25, 0.3) is 0 Å². The molecule has 1 aromatic rings. The van der Waals surface area contributed by atoms with Crippen LogP contribution in [0.15, 0.2) is 24.3 Å². The fourth-order valence-electron chi connectivity index (χ4n) is 3.96. The zero-order valence-corrected chi connectivity index (χ0v) is 14.2. The molecule has 1 unspecified atom stereocenters. The third-order valence-corrected chi connectivity index (χ3v) is 5.23. The van der Waals surface area contributed by atoms with Crippen LogP contribution in [-0.4, -0.2) is 6.54 Å². The zero-order chi connectivity index (χ0) is 15.1. The van der Waals surface area contributed by atoms with Crippen LogP contribution in [0, 0.1) is 11.8 Å². The Labute approximate surface area is 131 Å². The van der Waals surface area contributed by atoms with Gasteiger partial charge in [-0.2, -0.15) is 0 Å². The van der Waals surface area contributed by atoms with Crippen LogP contribution in [0.5, 0.6) is 0 Å². The van der Waals surface area contributed by atoms with E-state index in [0.717, 1.165) is 24.8 Å². The lowest BCUT2D eigenvalue weighted by atomic mass is 9.75. The maximum absolute atomic E-state index is 3.75. The highest BCUT2D eigenvalue weighted by Gasteiger charge is 2.27. The van der Waals surface area contributed by atoms with Crippen LogP contribution in [0.4, 0.5) is 0 Å². The monoisotopic (exact) mass is 287 g/mol. The average Bonchev–Trinajstić information content (AvgIpc) is 2.54. The molecule has 0 spiro atoms. The van der Waals surface area contributed by atoms with Crippen LogP contribution in [0.3, 0.4) is 0 Å². The van der Waals surface area contributed by atoms with E-state index < -0.39 is 0 Å². The summed E-state index contributed by atoms with van der Waals surface area (Å²) in [6.07, 6.45) is 9.60. The number of hydrogen-bond acceptors (Lipinski definition) is 1. The van der Waals surface area contributed by atoms with Crippen molar-refractivity contribution in [3.63, 3.8) is 0 Å². The average molecular weight is 287 g/mol. The topological polar surface area (TPSA) is 12.0 Å². The summed E-state index contributed by atoms with van der Waals surface area (Å²) in [6.45, 7) is 7.85. The second-order valence-corrected chi connectivity index (χ2v) is 6.70. The summed E-state index contributed by atoms with van der Waals surface area (Å²) in [7, 11) is 0. The number of hydrogen-bond donors (Lipinski definition) is 1. The van der Waals surface area contributed by atoms with Crippen molar-refractivity contribution >= 4 is 0 Å². The fourth-order valence-corrected chi connectivity index (χ4v) is 3.96. The van der Waals surface area contributed by atoms with Gasteiger partial charge in [-0.1, -0.05) is 70.7 Å². The number of rotatable bonds is 7. The minimum Gasteiger partial charge on any atom is -0.310 e. The molecule has 0 aliphatic heterocycles. The summed E-state index contributed by atoms with van der Waals surface area (Å²) < 4.78 is 0. The zero-order valence-electron chi connectivity index (χ0n) is 14.2. The Morgan fingerprint density at radius 3 is 2.19 bits per heavy atom. The van der Waals surface area contributed by atoms with Crippen LogP contribution >= 0.6 is 0 Å². The molecule has 0 amide bonds. The quantitative estimate of drug-likeness (QED) is 0.697. The van der Waals surface area contributed by atoms with E-state index >= 15 is 0 Å². The van der Waals surface area contributed by atoms with Gasteiger partial charge in [0.2, 0.25) is 0 Å². The lowest BCUT2D eigenvalue weighted by Crippen LogP contribution is -2.31.